The lowest BCUT2D eigenvalue weighted by Crippen LogP contribution is -2.65. The molecule has 0 aromatic heterocycles. The summed E-state index contributed by atoms with van der Waals surface area (Å²) in [7, 11) is 0. The molecule has 0 aliphatic heterocycles. The van der Waals surface area contributed by atoms with Gasteiger partial charge in [0, 0.05) is 5.54 Å². The summed E-state index contributed by atoms with van der Waals surface area (Å²) in [6.07, 6.45) is 7.69. The first kappa shape index (κ1) is 18.2. The van der Waals surface area contributed by atoms with E-state index < -0.39 is 0 Å². The number of thiocarbonyl (C=S) groups is 1. The van der Waals surface area contributed by atoms with Gasteiger partial charge in [-0.3, -0.25) is 0 Å². The van der Waals surface area contributed by atoms with Crippen LogP contribution in [-0.2, 0) is 0 Å². The minimum absolute atomic E-state index is 0.107. The zero-order chi connectivity index (χ0) is 18.0. The molecular weight excluding hydrogens is 395 g/mol. The molecular formula is C19H23Cl3N2S. The van der Waals surface area contributed by atoms with Gasteiger partial charge >= 0.3 is 0 Å². The first-order chi connectivity index (χ1) is 11.6. The summed E-state index contributed by atoms with van der Waals surface area (Å²) in [6, 6.07) is 3.37. The molecule has 136 valence electrons. The summed E-state index contributed by atoms with van der Waals surface area (Å²) >= 11 is 24.0. The summed E-state index contributed by atoms with van der Waals surface area (Å²) in [4.78, 5) is 0. The van der Waals surface area contributed by atoms with Gasteiger partial charge in [0.05, 0.1) is 20.8 Å². The molecule has 0 saturated heterocycles. The number of hydrogen-bond donors (Lipinski definition) is 2. The van der Waals surface area contributed by atoms with E-state index in [9.17, 15) is 0 Å². The van der Waals surface area contributed by atoms with E-state index in [1.54, 1.807) is 12.1 Å². The average Bonchev–Trinajstić information content (AvgIpc) is 2.39. The maximum atomic E-state index is 6.27. The van der Waals surface area contributed by atoms with Crippen LogP contribution in [0.4, 0.5) is 5.69 Å². The molecule has 1 aromatic carbocycles. The van der Waals surface area contributed by atoms with E-state index in [2.05, 4.69) is 24.5 Å². The van der Waals surface area contributed by atoms with Crippen molar-refractivity contribution < 1.29 is 0 Å². The number of rotatable bonds is 2. The van der Waals surface area contributed by atoms with E-state index >= 15 is 0 Å². The molecule has 2 N–H and O–H groups in total. The monoisotopic (exact) mass is 416 g/mol. The van der Waals surface area contributed by atoms with Gasteiger partial charge in [-0.15, -0.1) is 0 Å². The van der Waals surface area contributed by atoms with Crippen LogP contribution in [0.1, 0.15) is 52.4 Å². The third-order valence-corrected chi connectivity index (χ3v) is 7.50. The standard InChI is InChI=1S/C19H23Cl3N2S/c1-17-5-11-6-18(2,8-17)10-19(7-11,9-17)24-16(25)23-15-4-13(21)12(20)3-14(15)22/h3-4,11H,5-10H2,1-2H3,(H2,23,24,25). The Bertz CT molecular complexity index is 732. The highest BCUT2D eigenvalue weighted by molar-refractivity contribution is 7.80. The van der Waals surface area contributed by atoms with Gasteiger partial charge in [-0.2, -0.15) is 0 Å². The maximum absolute atomic E-state index is 6.27. The molecule has 4 aliphatic carbocycles. The predicted molar refractivity (Wildman–Crippen MR) is 111 cm³/mol. The Kier molecular flexibility index (Phi) is 4.28. The molecule has 6 heteroatoms. The van der Waals surface area contributed by atoms with E-state index in [0.29, 0.717) is 36.7 Å². The fourth-order valence-corrected chi connectivity index (χ4v) is 7.52. The molecule has 0 heterocycles. The average molecular weight is 418 g/mol. The highest BCUT2D eigenvalue weighted by Gasteiger charge is 2.60. The number of hydrogen-bond acceptors (Lipinski definition) is 1. The smallest absolute Gasteiger partial charge is 0.171 e. The van der Waals surface area contributed by atoms with Gasteiger partial charge in [-0.1, -0.05) is 48.7 Å². The zero-order valence-electron chi connectivity index (χ0n) is 14.5. The molecule has 5 rings (SSSR count). The minimum Gasteiger partial charge on any atom is -0.357 e. The summed E-state index contributed by atoms with van der Waals surface area (Å²) < 4.78 is 0. The van der Waals surface area contributed by atoms with Crippen molar-refractivity contribution in [1.82, 2.24) is 5.32 Å². The molecule has 1 aromatic rings. The summed E-state index contributed by atoms with van der Waals surface area (Å²) in [6.45, 7) is 4.91. The van der Waals surface area contributed by atoms with Crippen LogP contribution in [0.3, 0.4) is 0 Å². The number of nitrogens with one attached hydrogen (secondary N) is 2. The first-order valence-corrected chi connectivity index (χ1v) is 10.4. The van der Waals surface area contributed by atoms with Gasteiger partial charge in [0.15, 0.2) is 5.11 Å². The second kappa shape index (κ2) is 5.89. The van der Waals surface area contributed by atoms with Crippen molar-refractivity contribution in [3.8, 4) is 0 Å². The molecule has 4 aliphatic rings. The Balaban J connectivity index is 1.52. The highest BCUT2D eigenvalue weighted by Crippen LogP contribution is 2.66. The predicted octanol–water partition coefficient (Wildman–Crippen LogP) is 6.68. The number of benzene rings is 1. The molecule has 2 nitrogen and oxygen atoms in total. The molecule has 0 amide bonds. The number of halogens is 3. The van der Waals surface area contributed by atoms with Gasteiger partial charge in [0.25, 0.3) is 0 Å². The van der Waals surface area contributed by atoms with Crippen molar-refractivity contribution >= 4 is 57.8 Å². The quantitative estimate of drug-likeness (QED) is 0.414. The van der Waals surface area contributed by atoms with Crippen LogP contribution >= 0.6 is 47.0 Å². The third-order valence-electron chi connectivity index (χ3n) is 6.26. The van der Waals surface area contributed by atoms with E-state index in [-0.39, 0.29) is 5.54 Å². The van der Waals surface area contributed by atoms with Gasteiger partial charge in [0.2, 0.25) is 0 Å². The van der Waals surface area contributed by atoms with Crippen LogP contribution in [0.15, 0.2) is 12.1 Å². The van der Waals surface area contributed by atoms with Crippen molar-refractivity contribution in [3.05, 3.63) is 27.2 Å². The molecule has 0 radical (unpaired) electrons. The second-order valence-corrected chi connectivity index (χ2v) is 10.9. The minimum atomic E-state index is 0.107. The van der Waals surface area contributed by atoms with E-state index in [0.717, 1.165) is 5.92 Å². The Hall–Kier alpha value is -0.220. The van der Waals surface area contributed by atoms with Crippen LogP contribution in [0.25, 0.3) is 0 Å². The third kappa shape index (κ3) is 3.38. The SMILES string of the molecule is CC12CC3CC(C)(C1)CC(NC(=S)Nc1cc(Cl)c(Cl)cc1Cl)(C3)C2. The Morgan fingerprint density at radius 3 is 2.16 bits per heavy atom. The van der Waals surface area contributed by atoms with Gasteiger partial charge < -0.3 is 10.6 Å². The number of anilines is 1. The van der Waals surface area contributed by atoms with Crippen LogP contribution in [-0.4, -0.2) is 10.7 Å². The van der Waals surface area contributed by atoms with Crippen molar-refractivity contribution in [1.29, 1.82) is 0 Å². The summed E-state index contributed by atoms with van der Waals surface area (Å²) in [5.74, 6) is 0.815. The fourth-order valence-electron chi connectivity index (χ4n) is 6.60. The van der Waals surface area contributed by atoms with E-state index in [1.807, 2.05) is 0 Å². The van der Waals surface area contributed by atoms with Gasteiger partial charge in [0.1, 0.15) is 0 Å². The zero-order valence-corrected chi connectivity index (χ0v) is 17.6. The van der Waals surface area contributed by atoms with Crippen LogP contribution < -0.4 is 10.6 Å². The van der Waals surface area contributed by atoms with Crippen LogP contribution in [0, 0.1) is 16.7 Å². The summed E-state index contributed by atoms with van der Waals surface area (Å²) in [5.41, 5.74) is 1.68. The van der Waals surface area contributed by atoms with Crippen molar-refractivity contribution in [2.24, 2.45) is 16.7 Å². The molecule has 4 saturated carbocycles. The van der Waals surface area contributed by atoms with Gasteiger partial charge in [-0.05, 0) is 79.6 Å². The van der Waals surface area contributed by atoms with Crippen LogP contribution in [0.2, 0.25) is 15.1 Å². The molecule has 4 bridgehead atoms. The topological polar surface area (TPSA) is 24.1 Å². The molecule has 25 heavy (non-hydrogen) atoms. The molecule has 0 spiro atoms. The second-order valence-electron chi connectivity index (χ2n) is 9.24. The Morgan fingerprint density at radius 2 is 1.56 bits per heavy atom. The molecule has 2 atom stereocenters. The lowest BCUT2D eigenvalue weighted by Gasteiger charge is -2.65. The van der Waals surface area contributed by atoms with Crippen molar-refractivity contribution in [2.45, 2.75) is 57.9 Å². The maximum Gasteiger partial charge on any atom is 0.171 e. The largest absolute Gasteiger partial charge is 0.357 e. The molecule has 4 fully saturated rings. The highest BCUT2D eigenvalue weighted by atomic mass is 35.5. The van der Waals surface area contributed by atoms with E-state index in [1.165, 1.54) is 38.5 Å². The molecule has 2 unspecified atom stereocenters. The van der Waals surface area contributed by atoms with E-state index in [4.69, 9.17) is 47.0 Å². The van der Waals surface area contributed by atoms with Crippen LogP contribution in [0.5, 0.6) is 0 Å². The summed E-state index contributed by atoms with van der Waals surface area (Å²) in [5, 5.41) is 8.94. The lowest BCUT2D eigenvalue weighted by molar-refractivity contribution is -0.111. The van der Waals surface area contributed by atoms with Gasteiger partial charge in [-0.25, -0.2) is 0 Å². The normalized spacial score (nSPS) is 38.7. The van der Waals surface area contributed by atoms with Crippen molar-refractivity contribution in [2.75, 3.05) is 5.32 Å². The fraction of sp³-hybridized carbons (Fsp3) is 0.632. The Morgan fingerprint density at radius 1 is 0.960 bits per heavy atom. The lowest BCUT2D eigenvalue weighted by atomic mass is 9.43. The Labute approximate surface area is 170 Å². The van der Waals surface area contributed by atoms with Crippen molar-refractivity contribution in [3.63, 3.8) is 0 Å². The first-order valence-electron chi connectivity index (χ1n) is 8.83.